The van der Waals surface area contributed by atoms with Crippen molar-refractivity contribution in [2.75, 3.05) is 13.1 Å². The smallest absolute Gasteiger partial charge is 0.115 e. The van der Waals surface area contributed by atoms with Gasteiger partial charge in [-0.25, -0.2) is 0 Å². The summed E-state index contributed by atoms with van der Waals surface area (Å²) >= 11 is 0. The van der Waals surface area contributed by atoms with Crippen molar-refractivity contribution in [2.24, 2.45) is 11.8 Å². The molecule has 3 fully saturated rings. The van der Waals surface area contributed by atoms with E-state index in [1.165, 1.54) is 83.7 Å². The van der Waals surface area contributed by atoms with Crippen molar-refractivity contribution >= 4 is 0 Å². The third-order valence-electron chi connectivity index (χ3n) is 5.85. The maximum atomic E-state index is 9.84. The average Bonchev–Trinajstić information content (AvgIpc) is 2.76. The Balaban J connectivity index is 1.69. The average molecular weight is 260 g/mol. The van der Waals surface area contributed by atoms with Crippen molar-refractivity contribution in [1.29, 1.82) is 5.26 Å². The molecule has 2 heteroatoms. The van der Waals surface area contributed by atoms with Gasteiger partial charge in [-0.05, 0) is 50.6 Å². The number of nitrogens with zero attached hydrogens (tertiary/aromatic N) is 2. The van der Waals surface area contributed by atoms with Gasteiger partial charge in [0.15, 0.2) is 0 Å². The summed E-state index contributed by atoms with van der Waals surface area (Å²) in [6, 6.07) is 2.77. The van der Waals surface area contributed by atoms with Gasteiger partial charge >= 0.3 is 0 Å². The summed E-state index contributed by atoms with van der Waals surface area (Å²) in [7, 11) is 0. The molecule has 0 aromatic rings. The molecule has 2 nitrogen and oxygen atoms in total. The van der Waals surface area contributed by atoms with Gasteiger partial charge in [-0.2, -0.15) is 5.26 Å². The molecule has 0 amide bonds. The minimum Gasteiger partial charge on any atom is -0.285 e. The van der Waals surface area contributed by atoms with E-state index in [1.54, 1.807) is 0 Å². The number of fused-ring (bicyclic) bond motifs is 1. The molecular weight excluding hydrogens is 232 g/mol. The van der Waals surface area contributed by atoms with Gasteiger partial charge in [0.25, 0.3) is 0 Å². The first-order chi connectivity index (χ1) is 9.39. The van der Waals surface area contributed by atoms with E-state index in [0.29, 0.717) is 11.8 Å². The SMILES string of the molecule is N#CC1(N2CCCC2)[C@@H]2CCCCCCCCC[C@@H]21. The van der Waals surface area contributed by atoms with Gasteiger partial charge in [0.1, 0.15) is 5.54 Å². The maximum absolute atomic E-state index is 9.84. The van der Waals surface area contributed by atoms with Crippen molar-refractivity contribution in [3.05, 3.63) is 0 Å². The molecule has 3 aliphatic rings. The minimum atomic E-state index is -0.0320. The molecule has 1 unspecified atom stereocenters. The molecule has 106 valence electrons. The predicted octanol–water partition coefficient (Wildman–Crippen LogP) is 4.12. The third kappa shape index (κ3) is 2.42. The third-order valence-corrected chi connectivity index (χ3v) is 5.85. The maximum Gasteiger partial charge on any atom is 0.115 e. The second-order valence-corrected chi connectivity index (χ2v) is 6.90. The fourth-order valence-electron chi connectivity index (χ4n) is 4.77. The van der Waals surface area contributed by atoms with Crippen molar-refractivity contribution in [3.8, 4) is 6.07 Å². The van der Waals surface area contributed by atoms with Crippen LogP contribution in [-0.2, 0) is 0 Å². The molecule has 0 N–H and O–H groups in total. The highest BCUT2D eigenvalue weighted by Gasteiger charge is 2.67. The minimum absolute atomic E-state index is 0.0320. The van der Waals surface area contributed by atoms with Crippen LogP contribution in [-0.4, -0.2) is 23.5 Å². The van der Waals surface area contributed by atoms with Crippen molar-refractivity contribution < 1.29 is 0 Å². The molecule has 19 heavy (non-hydrogen) atoms. The number of nitriles is 1. The zero-order valence-electron chi connectivity index (χ0n) is 12.2. The molecule has 1 aliphatic heterocycles. The van der Waals surface area contributed by atoms with Crippen LogP contribution in [0.25, 0.3) is 0 Å². The van der Waals surface area contributed by atoms with Crippen LogP contribution >= 0.6 is 0 Å². The van der Waals surface area contributed by atoms with E-state index in [2.05, 4.69) is 11.0 Å². The number of hydrogen-bond acceptors (Lipinski definition) is 2. The second kappa shape index (κ2) is 5.83. The van der Waals surface area contributed by atoms with E-state index in [-0.39, 0.29) is 5.54 Å². The Morgan fingerprint density at radius 1 is 0.737 bits per heavy atom. The molecule has 1 heterocycles. The largest absolute Gasteiger partial charge is 0.285 e. The fourth-order valence-corrected chi connectivity index (χ4v) is 4.77. The molecule has 2 aliphatic carbocycles. The zero-order chi connectivity index (χ0) is 13.1. The molecule has 0 bridgehead atoms. The molecular formula is C17H28N2. The molecule has 0 aromatic heterocycles. The van der Waals surface area contributed by atoms with E-state index in [4.69, 9.17) is 0 Å². The summed E-state index contributed by atoms with van der Waals surface area (Å²) in [4.78, 5) is 2.55. The van der Waals surface area contributed by atoms with Crippen LogP contribution in [0.4, 0.5) is 0 Å². The van der Waals surface area contributed by atoms with Gasteiger partial charge in [0, 0.05) is 0 Å². The lowest BCUT2D eigenvalue weighted by Gasteiger charge is -2.23. The topological polar surface area (TPSA) is 27.0 Å². The molecule has 1 saturated heterocycles. The molecule has 0 spiro atoms. The Kier molecular flexibility index (Phi) is 4.12. The van der Waals surface area contributed by atoms with Crippen LogP contribution in [0.2, 0.25) is 0 Å². The van der Waals surface area contributed by atoms with E-state index >= 15 is 0 Å². The fraction of sp³-hybridized carbons (Fsp3) is 0.941. The van der Waals surface area contributed by atoms with Crippen LogP contribution in [0.5, 0.6) is 0 Å². The summed E-state index contributed by atoms with van der Waals surface area (Å²) in [5.41, 5.74) is -0.0320. The van der Waals surface area contributed by atoms with Crippen molar-refractivity contribution in [1.82, 2.24) is 4.90 Å². The van der Waals surface area contributed by atoms with Gasteiger partial charge in [0.05, 0.1) is 6.07 Å². The first-order valence-corrected chi connectivity index (χ1v) is 8.56. The Hall–Kier alpha value is -0.550. The van der Waals surface area contributed by atoms with Crippen LogP contribution in [0.3, 0.4) is 0 Å². The molecule has 3 atom stereocenters. The summed E-state index contributed by atoms with van der Waals surface area (Å²) in [6.45, 7) is 2.36. The second-order valence-electron chi connectivity index (χ2n) is 6.90. The Bertz CT molecular complexity index is 322. The number of hydrogen-bond donors (Lipinski definition) is 0. The van der Waals surface area contributed by atoms with E-state index < -0.39 is 0 Å². The highest BCUT2D eigenvalue weighted by atomic mass is 15.3. The summed E-state index contributed by atoms with van der Waals surface area (Å²) < 4.78 is 0. The molecule has 3 rings (SSSR count). The molecule has 0 radical (unpaired) electrons. The van der Waals surface area contributed by atoms with Gasteiger partial charge in [-0.15, -0.1) is 0 Å². The van der Waals surface area contributed by atoms with E-state index in [9.17, 15) is 5.26 Å². The summed E-state index contributed by atoms with van der Waals surface area (Å²) in [5, 5.41) is 9.84. The summed E-state index contributed by atoms with van der Waals surface area (Å²) in [6.07, 6.45) is 15.0. The lowest BCUT2D eigenvalue weighted by Crippen LogP contribution is -2.37. The van der Waals surface area contributed by atoms with Crippen LogP contribution in [0.15, 0.2) is 0 Å². The highest BCUT2D eigenvalue weighted by Crippen LogP contribution is 2.60. The van der Waals surface area contributed by atoms with Crippen molar-refractivity contribution in [3.63, 3.8) is 0 Å². The predicted molar refractivity (Wildman–Crippen MR) is 77.7 cm³/mol. The monoisotopic (exact) mass is 260 g/mol. The van der Waals surface area contributed by atoms with Gasteiger partial charge < -0.3 is 0 Å². The van der Waals surface area contributed by atoms with Crippen LogP contribution in [0, 0.1) is 23.2 Å². The normalized spacial score (nSPS) is 41.0. The Morgan fingerprint density at radius 3 is 1.68 bits per heavy atom. The van der Waals surface area contributed by atoms with E-state index in [1.807, 2.05) is 0 Å². The first kappa shape index (κ1) is 13.4. The molecule has 2 saturated carbocycles. The first-order valence-electron chi connectivity index (χ1n) is 8.56. The quantitative estimate of drug-likeness (QED) is 0.709. The number of rotatable bonds is 1. The van der Waals surface area contributed by atoms with Crippen LogP contribution in [0.1, 0.15) is 70.6 Å². The van der Waals surface area contributed by atoms with E-state index in [0.717, 1.165) is 0 Å². The summed E-state index contributed by atoms with van der Waals surface area (Å²) in [5.74, 6) is 1.40. The standard InChI is InChI=1S/C17H28N2/c18-14-17(19-12-8-9-13-19)15-10-6-4-2-1-3-5-7-11-16(15)17/h15-16H,1-13H2/t15-,16+,17?. The van der Waals surface area contributed by atoms with Gasteiger partial charge in [0.2, 0.25) is 0 Å². The lowest BCUT2D eigenvalue weighted by atomic mass is 10.0. The van der Waals surface area contributed by atoms with Crippen molar-refractivity contribution in [2.45, 2.75) is 76.2 Å². The van der Waals surface area contributed by atoms with Gasteiger partial charge in [-0.3, -0.25) is 4.90 Å². The van der Waals surface area contributed by atoms with Gasteiger partial charge in [-0.1, -0.05) is 44.9 Å². The number of likely N-dealkylation sites (tertiary alicyclic amines) is 1. The molecule has 0 aromatic carbocycles. The Morgan fingerprint density at radius 2 is 1.21 bits per heavy atom. The Labute approximate surface area is 118 Å². The lowest BCUT2D eigenvalue weighted by molar-refractivity contribution is 0.237. The zero-order valence-corrected chi connectivity index (χ0v) is 12.2. The van der Waals surface area contributed by atoms with Crippen LogP contribution < -0.4 is 0 Å². The highest BCUT2D eigenvalue weighted by molar-refractivity contribution is 5.30.